The lowest BCUT2D eigenvalue weighted by atomic mass is 9.94. The third kappa shape index (κ3) is 8.75. The van der Waals surface area contributed by atoms with Gasteiger partial charge >= 0.3 is 6.09 Å². The van der Waals surface area contributed by atoms with Crippen molar-refractivity contribution in [1.82, 2.24) is 10.2 Å². The standard InChI is InChI=1S/C30H40N4O4S/c1-19-11-10-14-23(22(19)4)26(27(35)33-25-20(2)12-9-13-21(25)3)34(17-16-31)28(36)24(15-18-39-8)32-29(37)38-30(5,6)7/h9-14,24,26H,15,17-18H2,1-8H3,(H,32,37)(H,33,35). The van der Waals surface area contributed by atoms with Crippen LogP contribution in [0.5, 0.6) is 0 Å². The molecule has 2 aromatic rings. The summed E-state index contributed by atoms with van der Waals surface area (Å²) in [5.41, 5.74) is 4.08. The minimum absolute atomic E-state index is 0.305. The molecule has 0 bridgehead atoms. The molecule has 2 atom stereocenters. The summed E-state index contributed by atoms with van der Waals surface area (Å²) in [4.78, 5) is 42.0. The van der Waals surface area contributed by atoms with E-state index in [-0.39, 0.29) is 6.54 Å². The average Bonchev–Trinajstić information content (AvgIpc) is 2.84. The number of thioether (sulfide) groups is 1. The number of nitriles is 1. The average molecular weight is 553 g/mol. The topological polar surface area (TPSA) is 112 Å². The number of nitrogens with zero attached hydrogens (tertiary/aromatic N) is 2. The molecule has 2 rings (SSSR count). The Labute approximate surface area is 236 Å². The van der Waals surface area contributed by atoms with Crippen LogP contribution in [0, 0.1) is 39.0 Å². The number of anilines is 1. The Kier molecular flexibility index (Phi) is 11.4. The molecule has 0 aliphatic heterocycles. The molecule has 39 heavy (non-hydrogen) atoms. The maximum atomic E-state index is 14.1. The summed E-state index contributed by atoms with van der Waals surface area (Å²) < 4.78 is 5.40. The van der Waals surface area contributed by atoms with Gasteiger partial charge in [0, 0.05) is 5.69 Å². The highest BCUT2D eigenvalue weighted by Crippen LogP contribution is 2.30. The van der Waals surface area contributed by atoms with Crippen molar-refractivity contribution in [2.75, 3.05) is 23.9 Å². The Balaban J connectivity index is 2.59. The van der Waals surface area contributed by atoms with Crippen molar-refractivity contribution in [2.24, 2.45) is 0 Å². The zero-order valence-corrected chi connectivity index (χ0v) is 25.0. The Bertz CT molecular complexity index is 1210. The summed E-state index contributed by atoms with van der Waals surface area (Å²) in [6.07, 6.45) is 1.47. The van der Waals surface area contributed by atoms with Gasteiger partial charge in [0.25, 0.3) is 5.91 Å². The highest BCUT2D eigenvalue weighted by molar-refractivity contribution is 7.98. The zero-order chi connectivity index (χ0) is 29.3. The van der Waals surface area contributed by atoms with Gasteiger partial charge in [-0.15, -0.1) is 0 Å². The maximum Gasteiger partial charge on any atom is 0.408 e. The number of para-hydroxylation sites is 1. The normalized spacial score (nSPS) is 12.6. The molecular weight excluding hydrogens is 512 g/mol. The molecule has 2 aromatic carbocycles. The second-order valence-corrected chi connectivity index (χ2v) is 11.5. The molecule has 0 spiro atoms. The minimum atomic E-state index is -1.10. The number of benzene rings is 2. The van der Waals surface area contributed by atoms with Crippen LogP contribution in [0.2, 0.25) is 0 Å². The van der Waals surface area contributed by atoms with E-state index in [1.54, 1.807) is 26.8 Å². The molecule has 0 saturated carbocycles. The predicted molar refractivity (Wildman–Crippen MR) is 157 cm³/mol. The first kappa shape index (κ1) is 31.7. The lowest BCUT2D eigenvalue weighted by Crippen LogP contribution is -2.52. The smallest absolute Gasteiger partial charge is 0.408 e. The SMILES string of the molecule is CSCCC(NC(=O)OC(C)(C)C)C(=O)N(CC#N)C(C(=O)Nc1c(C)cccc1C)c1cccc(C)c1C. The van der Waals surface area contributed by atoms with Gasteiger partial charge in [0.05, 0.1) is 6.07 Å². The number of carbonyl (C=O) groups excluding carboxylic acids is 3. The number of hydrogen-bond acceptors (Lipinski definition) is 6. The van der Waals surface area contributed by atoms with Crippen molar-refractivity contribution in [2.45, 2.75) is 72.6 Å². The Morgan fingerprint density at radius 2 is 1.62 bits per heavy atom. The van der Waals surface area contributed by atoms with E-state index in [9.17, 15) is 19.6 Å². The van der Waals surface area contributed by atoms with Crippen LogP contribution in [-0.2, 0) is 14.3 Å². The van der Waals surface area contributed by atoms with E-state index in [1.807, 2.05) is 64.3 Å². The highest BCUT2D eigenvalue weighted by Gasteiger charge is 2.37. The Morgan fingerprint density at radius 1 is 1.03 bits per heavy atom. The van der Waals surface area contributed by atoms with Crippen molar-refractivity contribution in [3.8, 4) is 6.07 Å². The Hall–Kier alpha value is -3.51. The largest absolute Gasteiger partial charge is 0.444 e. The fraction of sp³-hybridized carbons (Fsp3) is 0.467. The second kappa shape index (κ2) is 14.0. The van der Waals surface area contributed by atoms with E-state index in [0.717, 1.165) is 22.3 Å². The van der Waals surface area contributed by atoms with Gasteiger partial charge in [0.15, 0.2) is 0 Å². The van der Waals surface area contributed by atoms with E-state index in [0.29, 0.717) is 23.4 Å². The van der Waals surface area contributed by atoms with Gasteiger partial charge in [-0.05, 0) is 94.7 Å². The number of alkyl carbamates (subject to hydrolysis) is 1. The first-order valence-electron chi connectivity index (χ1n) is 12.9. The monoisotopic (exact) mass is 552 g/mol. The third-order valence-corrected chi connectivity index (χ3v) is 7.00. The van der Waals surface area contributed by atoms with E-state index in [1.165, 1.54) is 16.7 Å². The van der Waals surface area contributed by atoms with E-state index >= 15 is 0 Å². The van der Waals surface area contributed by atoms with Gasteiger partial charge in [-0.1, -0.05) is 36.4 Å². The molecule has 0 aliphatic rings. The molecule has 8 nitrogen and oxygen atoms in total. The van der Waals surface area contributed by atoms with Gasteiger partial charge in [0.2, 0.25) is 5.91 Å². The predicted octanol–water partition coefficient (Wildman–Crippen LogP) is 5.60. The van der Waals surface area contributed by atoms with Crippen LogP contribution in [0.25, 0.3) is 0 Å². The van der Waals surface area contributed by atoms with Gasteiger partial charge < -0.3 is 20.3 Å². The van der Waals surface area contributed by atoms with E-state index in [2.05, 4.69) is 16.7 Å². The number of carbonyl (C=O) groups is 3. The summed E-state index contributed by atoms with van der Waals surface area (Å²) >= 11 is 1.53. The van der Waals surface area contributed by atoms with Crippen molar-refractivity contribution < 1.29 is 19.1 Å². The van der Waals surface area contributed by atoms with Gasteiger partial charge in [0.1, 0.15) is 24.2 Å². The van der Waals surface area contributed by atoms with Crippen molar-refractivity contribution >= 4 is 35.4 Å². The number of nitrogens with one attached hydrogen (secondary N) is 2. The molecule has 9 heteroatoms. The van der Waals surface area contributed by atoms with E-state index < -0.39 is 35.6 Å². The van der Waals surface area contributed by atoms with Gasteiger partial charge in [-0.3, -0.25) is 9.59 Å². The van der Waals surface area contributed by atoms with Gasteiger partial charge in [-0.25, -0.2) is 4.79 Å². The summed E-state index contributed by atoms with van der Waals surface area (Å²) in [5, 5.41) is 15.5. The highest BCUT2D eigenvalue weighted by atomic mass is 32.2. The molecule has 0 radical (unpaired) electrons. The number of aryl methyl sites for hydroxylation is 3. The molecule has 3 amide bonds. The summed E-state index contributed by atoms with van der Waals surface area (Å²) in [6, 6.07) is 11.2. The summed E-state index contributed by atoms with van der Waals surface area (Å²) in [7, 11) is 0. The third-order valence-electron chi connectivity index (χ3n) is 6.35. The molecule has 2 unspecified atom stereocenters. The quantitative estimate of drug-likeness (QED) is 0.371. The molecule has 210 valence electrons. The fourth-order valence-electron chi connectivity index (χ4n) is 4.24. The molecule has 0 saturated heterocycles. The van der Waals surface area contributed by atoms with Crippen LogP contribution in [-0.4, -0.2) is 53.0 Å². The van der Waals surface area contributed by atoms with Gasteiger partial charge in [-0.2, -0.15) is 17.0 Å². The fourth-order valence-corrected chi connectivity index (χ4v) is 4.71. The maximum absolute atomic E-state index is 14.1. The molecule has 0 aliphatic carbocycles. The Morgan fingerprint density at radius 3 is 2.18 bits per heavy atom. The number of rotatable bonds is 10. The molecule has 2 N–H and O–H groups in total. The van der Waals surface area contributed by atoms with Crippen LogP contribution in [0.15, 0.2) is 36.4 Å². The number of ether oxygens (including phenoxy) is 1. The molecular formula is C30H40N4O4S. The van der Waals surface area contributed by atoms with Crippen LogP contribution in [0.4, 0.5) is 10.5 Å². The van der Waals surface area contributed by atoms with Crippen LogP contribution in [0.1, 0.15) is 61.1 Å². The van der Waals surface area contributed by atoms with Crippen LogP contribution < -0.4 is 10.6 Å². The number of hydrogen-bond donors (Lipinski definition) is 2. The van der Waals surface area contributed by atoms with E-state index in [4.69, 9.17) is 4.74 Å². The molecule has 0 aromatic heterocycles. The molecule has 0 fully saturated rings. The minimum Gasteiger partial charge on any atom is -0.444 e. The van der Waals surface area contributed by atoms with Crippen molar-refractivity contribution in [3.63, 3.8) is 0 Å². The van der Waals surface area contributed by atoms with Crippen molar-refractivity contribution in [1.29, 1.82) is 5.26 Å². The van der Waals surface area contributed by atoms with Crippen LogP contribution >= 0.6 is 11.8 Å². The molecule has 0 heterocycles. The number of amides is 3. The lowest BCUT2D eigenvalue weighted by molar-refractivity contribution is -0.140. The van der Waals surface area contributed by atoms with Crippen LogP contribution in [0.3, 0.4) is 0 Å². The second-order valence-electron chi connectivity index (χ2n) is 10.6. The lowest BCUT2D eigenvalue weighted by Gasteiger charge is -2.34. The first-order chi connectivity index (χ1) is 18.3. The zero-order valence-electron chi connectivity index (χ0n) is 24.2. The first-order valence-corrected chi connectivity index (χ1v) is 14.3. The summed E-state index contributed by atoms with van der Waals surface area (Å²) in [6.45, 7) is 12.5. The summed E-state index contributed by atoms with van der Waals surface area (Å²) in [5.74, 6) is -0.389. The van der Waals surface area contributed by atoms with Crippen molar-refractivity contribution in [3.05, 3.63) is 64.2 Å².